The van der Waals surface area contributed by atoms with Crippen molar-refractivity contribution in [2.45, 2.75) is 5.41 Å². The number of hydrogen-bond acceptors (Lipinski definition) is 3. The molecule has 10 aromatic rings. The Labute approximate surface area is 329 Å². The van der Waals surface area contributed by atoms with Crippen molar-refractivity contribution >= 4 is 32.2 Å². The number of benzene rings is 8. The molecule has 0 atom stereocenters. The normalized spacial score (nSPS) is 13.1. The third-order valence-corrected chi connectivity index (χ3v) is 13.2. The number of rotatable bonds is 4. The molecule has 0 fully saturated rings. The molecule has 2 heterocycles. The average molecular weight is 729 g/mol. The molecule has 8 aromatic carbocycles. The van der Waals surface area contributed by atoms with E-state index in [1.807, 2.05) is 17.4 Å². The molecule has 12 rings (SSSR count). The summed E-state index contributed by atoms with van der Waals surface area (Å²) in [6.45, 7) is 0. The van der Waals surface area contributed by atoms with Crippen LogP contribution in [0.5, 0.6) is 0 Å². The summed E-state index contributed by atoms with van der Waals surface area (Å²) in [6.07, 6.45) is 0. The van der Waals surface area contributed by atoms with Gasteiger partial charge in [-0.3, -0.25) is 0 Å². The van der Waals surface area contributed by atoms with E-state index >= 15 is 0 Å². The summed E-state index contributed by atoms with van der Waals surface area (Å²) in [6, 6.07) is 70.5. The Balaban J connectivity index is 1.10. The van der Waals surface area contributed by atoms with E-state index in [1.165, 1.54) is 75.8 Å². The average Bonchev–Trinajstić information content (AvgIpc) is 3.90. The fraction of sp³-hybridized carbons (Fsp3) is 0.0189. The largest absolute Gasteiger partial charge is 0.228 e. The van der Waals surface area contributed by atoms with Crippen molar-refractivity contribution in [1.29, 1.82) is 0 Å². The Bertz CT molecular complexity index is 3170. The van der Waals surface area contributed by atoms with E-state index in [0.717, 1.165) is 28.1 Å². The van der Waals surface area contributed by atoms with Crippen LogP contribution in [-0.2, 0) is 5.41 Å². The first-order valence-electron chi connectivity index (χ1n) is 19.2. The van der Waals surface area contributed by atoms with Gasteiger partial charge >= 0.3 is 0 Å². The second-order valence-corrected chi connectivity index (χ2v) is 15.9. The van der Waals surface area contributed by atoms with Gasteiger partial charge in [-0.1, -0.05) is 170 Å². The predicted molar refractivity (Wildman–Crippen MR) is 233 cm³/mol. The number of hydrogen-bond donors (Lipinski definition) is 0. The number of fused-ring (bicyclic) bond motifs is 13. The molecular weight excluding hydrogens is 697 g/mol. The van der Waals surface area contributed by atoms with Crippen molar-refractivity contribution in [3.8, 4) is 67.3 Å². The highest BCUT2D eigenvalue weighted by Gasteiger charge is 2.54. The molecule has 2 aliphatic carbocycles. The molecular formula is C53H32N2S. The predicted octanol–water partition coefficient (Wildman–Crippen LogP) is 13.9. The fourth-order valence-electron chi connectivity index (χ4n) is 9.50. The van der Waals surface area contributed by atoms with Crippen LogP contribution in [0.25, 0.3) is 88.1 Å². The molecule has 2 aromatic heterocycles. The zero-order valence-electron chi connectivity index (χ0n) is 30.3. The van der Waals surface area contributed by atoms with Crippen LogP contribution in [0, 0.1) is 0 Å². The van der Waals surface area contributed by atoms with Crippen LogP contribution in [0.2, 0.25) is 0 Å². The van der Waals surface area contributed by atoms with Gasteiger partial charge in [0.05, 0.1) is 16.8 Å². The molecule has 0 bridgehead atoms. The first-order valence-corrected chi connectivity index (χ1v) is 20.0. The molecule has 0 saturated heterocycles. The van der Waals surface area contributed by atoms with E-state index in [2.05, 4.69) is 188 Å². The first kappa shape index (κ1) is 31.4. The van der Waals surface area contributed by atoms with Crippen molar-refractivity contribution in [3.63, 3.8) is 0 Å². The van der Waals surface area contributed by atoms with Gasteiger partial charge in [0.25, 0.3) is 0 Å². The molecule has 0 amide bonds. The summed E-state index contributed by atoms with van der Waals surface area (Å²) in [7, 11) is 0. The quantitative estimate of drug-likeness (QED) is 0.180. The van der Waals surface area contributed by atoms with Crippen molar-refractivity contribution in [2.24, 2.45) is 0 Å². The molecule has 0 saturated carbocycles. The van der Waals surface area contributed by atoms with Crippen LogP contribution in [-0.4, -0.2) is 9.97 Å². The van der Waals surface area contributed by atoms with Crippen molar-refractivity contribution < 1.29 is 0 Å². The van der Waals surface area contributed by atoms with Crippen molar-refractivity contribution in [1.82, 2.24) is 9.97 Å². The second kappa shape index (κ2) is 12.0. The summed E-state index contributed by atoms with van der Waals surface area (Å²) < 4.78 is 1.33. The molecule has 2 nitrogen and oxygen atoms in total. The lowest BCUT2D eigenvalue weighted by Crippen LogP contribution is -2.25. The van der Waals surface area contributed by atoms with E-state index in [0.29, 0.717) is 5.82 Å². The van der Waals surface area contributed by atoms with E-state index < -0.39 is 5.41 Å². The lowest BCUT2D eigenvalue weighted by Gasteiger charge is -2.31. The third-order valence-electron chi connectivity index (χ3n) is 11.9. The van der Waals surface area contributed by atoms with E-state index in [4.69, 9.17) is 9.97 Å². The van der Waals surface area contributed by atoms with Crippen molar-refractivity contribution in [3.05, 3.63) is 216 Å². The molecule has 0 aliphatic heterocycles. The number of thiophene rings is 1. The minimum Gasteiger partial charge on any atom is -0.228 e. The SMILES string of the molecule is c1ccc(-c2cc(-c3cccc(-c4cccc5c4C4(c6ccccc6-c6ccccc64)c4sc6ccccc6c4-5)c3)nc(-c3ccc4ccccc4c3)n2)cc1. The Kier molecular flexibility index (Phi) is 6.75. The standard InChI is InChI=1S/C53H32N2S/c1-2-15-34(16-3-1)46-32-47(55-52(54-46)38-29-28-33-14-4-5-17-35(33)30-38)37-19-12-18-36(31-37)39-23-13-24-43-49-42-22-8-11-27-48(42)56-51(49)53(50(39)43)44-25-9-6-20-40(44)41-21-7-10-26-45(41)53/h1-32H. The zero-order valence-corrected chi connectivity index (χ0v) is 31.1. The highest BCUT2D eigenvalue weighted by molar-refractivity contribution is 7.20. The highest BCUT2D eigenvalue weighted by atomic mass is 32.1. The Morgan fingerprint density at radius 3 is 1.82 bits per heavy atom. The van der Waals surface area contributed by atoms with Gasteiger partial charge in [0.1, 0.15) is 0 Å². The summed E-state index contributed by atoms with van der Waals surface area (Å²) in [5.41, 5.74) is 16.3. The maximum atomic E-state index is 5.29. The van der Waals surface area contributed by atoms with Gasteiger partial charge in [0.15, 0.2) is 5.82 Å². The Hall–Kier alpha value is -6.94. The molecule has 1 spiro atoms. The van der Waals surface area contributed by atoms with Crippen LogP contribution in [0.3, 0.4) is 0 Å². The fourth-order valence-corrected chi connectivity index (χ4v) is 10.9. The zero-order chi connectivity index (χ0) is 36.8. The van der Waals surface area contributed by atoms with Gasteiger partial charge in [-0.2, -0.15) is 0 Å². The number of aromatic nitrogens is 2. The molecule has 2 aliphatic rings. The molecule has 0 radical (unpaired) electrons. The summed E-state index contributed by atoms with van der Waals surface area (Å²) in [5.74, 6) is 0.715. The maximum Gasteiger partial charge on any atom is 0.160 e. The molecule has 0 N–H and O–H groups in total. The number of nitrogens with zero attached hydrogens (tertiary/aromatic N) is 2. The Morgan fingerprint density at radius 1 is 0.393 bits per heavy atom. The first-order chi connectivity index (χ1) is 27.8. The van der Waals surface area contributed by atoms with Crippen LogP contribution >= 0.6 is 11.3 Å². The highest BCUT2D eigenvalue weighted by Crippen LogP contribution is 2.67. The summed E-state index contributed by atoms with van der Waals surface area (Å²) in [5, 5.41) is 3.70. The third kappa shape index (κ3) is 4.43. The smallest absolute Gasteiger partial charge is 0.160 e. The molecule has 3 heteroatoms. The minimum absolute atomic E-state index is 0.438. The maximum absolute atomic E-state index is 5.29. The lowest BCUT2D eigenvalue weighted by atomic mass is 9.71. The van der Waals surface area contributed by atoms with Crippen LogP contribution in [0.4, 0.5) is 0 Å². The van der Waals surface area contributed by atoms with Gasteiger partial charge in [0, 0.05) is 37.2 Å². The summed E-state index contributed by atoms with van der Waals surface area (Å²) in [4.78, 5) is 11.9. The van der Waals surface area contributed by atoms with E-state index in [1.54, 1.807) is 0 Å². The molecule has 56 heavy (non-hydrogen) atoms. The van der Waals surface area contributed by atoms with Crippen LogP contribution in [0.1, 0.15) is 21.6 Å². The second-order valence-electron chi connectivity index (χ2n) is 14.8. The van der Waals surface area contributed by atoms with Gasteiger partial charge in [-0.25, -0.2) is 9.97 Å². The van der Waals surface area contributed by atoms with Crippen LogP contribution < -0.4 is 0 Å². The summed E-state index contributed by atoms with van der Waals surface area (Å²) >= 11 is 1.95. The van der Waals surface area contributed by atoms with Gasteiger partial charge in [-0.05, 0) is 79.5 Å². The minimum atomic E-state index is -0.438. The van der Waals surface area contributed by atoms with Crippen LogP contribution in [0.15, 0.2) is 194 Å². The van der Waals surface area contributed by atoms with Gasteiger partial charge in [-0.15, -0.1) is 11.3 Å². The Morgan fingerprint density at radius 2 is 1.00 bits per heavy atom. The molecule has 0 unspecified atom stereocenters. The van der Waals surface area contributed by atoms with Gasteiger partial charge < -0.3 is 0 Å². The van der Waals surface area contributed by atoms with Crippen molar-refractivity contribution in [2.75, 3.05) is 0 Å². The van der Waals surface area contributed by atoms with E-state index in [-0.39, 0.29) is 0 Å². The monoisotopic (exact) mass is 728 g/mol. The topological polar surface area (TPSA) is 25.8 Å². The van der Waals surface area contributed by atoms with Gasteiger partial charge in [0.2, 0.25) is 0 Å². The lowest BCUT2D eigenvalue weighted by molar-refractivity contribution is 0.814. The van der Waals surface area contributed by atoms with E-state index in [9.17, 15) is 0 Å². The molecule has 260 valence electrons.